The van der Waals surface area contributed by atoms with Crippen molar-refractivity contribution in [2.75, 3.05) is 12.3 Å². The highest BCUT2D eigenvalue weighted by molar-refractivity contribution is 7.99. The topological polar surface area (TPSA) is 37.4 Å². The van der Waals surface area contributed by atoms with Crippen molar-refractivity contribution in [1.29, 1.82) is 0 Å². The number of nitrogens with zero attached hydrogens (tertiary/aromatic N) is 1. The third-order valence-electron chi connectivity index (χ3n) is 4.35. The first-order chi connectivity index (χ1) is 10.7. The predicted molar refractivity (Wildman–Crippen MR) is 95.1 cm³/mol. The minimum absolute atomic E-state index is 0.0317. The second-order valence-electron chi connectivity index (χ2n) is 6.25. The van der Waals surface area contributed by atoms with Gasteiger partial charge < -0.3 is 0 Å². The summed E-state index contributed by atoms with van der Waals surface area (Å²) in [5.41, 5.74) is 0. The SMILES string of the molecule is CCCCCCCC(CC)SCCCN1C(=O)CCCC1=O. The lowest BCUT2D eigenvalue weighted by molar-refractivity contribution is -0.147. The number of hydrogen-bond donors (Lipinski definition) is 0. The van der Waals surface area contributed by atoms with Crippen LogP contribution in [0.2, 0.25) is 0 Å². The Morgan fingerprint density at radius 1 is 1.00 bits per heavy atom. The van der Waals surface area contributed by atoms with E-state index in [0.717, 1.165) is 23.8 Å². The van der Waals surface area contributed by atoms with Gasteiger partial charge in [-0.05, 0) is 31.4 Å². The van der Waals surface area contributed by atoms with E-state index < -0.39 is 0 Å². The minimum atomic E-state index is 0.0317. The molecule has 1 aliphatic rings. The fourth-order valence-electron chi connectivity index (χ4n) is 2.90. The molecule has 0 saturated carbocycles. The van der Waals surface area contributed by atoms with Gasteiger partial charge in [-0.1, -0.05) is 46.0 Å². The first-order valence-electron chi connectivity index (χ1n) is 9.13. The van der Waals surface area contributed by atoms with Crippen LogP contribution in [0.3, 0.4) is 0 Å². The monoisotopic (exact) mass is 327 g/mol. The molecule has 1 heterocycles. The fraction of sp³-hybridized carbons (Fsp3) is 0.889. The van der Waals surface area contributed by atoms with Crippen LogP contribution in [-0.2, 0) is 9.59 Å². The molecule has 0 aliphatic carbocycles. The molecule has 3 nitrogen and oxygen atoms in total. The molecule has 1 aliphatic heterocycles. The predicted octanol–water partition coefficient (Wildman–Crippen LogP) is 4.79. The third kappa shape index (κ3) is 7.66. The van der Waals surface area contributed by atoms with Crippen molar-refractivity contribution in [1.82, 2.24) is 4.90 Å². The van der Waals surface area contributed by atoms with E-state index in [1.54, 1.807) is 0 Å². The molecular weight excluding hydrogens is 294 g/mol. The summed E-state index contributed by atoms with van der Waals surface area (Å²) in [4.78, 5) is 24.9. The molecule has 0 N–H and O–H groups in total. The molecule has 0 bridgehead atoms. The Labute approximate surface area is 140 Å². The number of thioether (sulfide) groups is 1. The van der Waals surface area contributed by atoms with Crippen LogP contribution >= 0.6 is 11.8 Å². The van der Waals surface area contributed by atoms with E-state index in [1.165, 1.54) is 49.8 Å². The molecule has 1 rings (SSSR count). The number of amides is 2. The molecule has 0 spiro atoms. The lowest BCUT2D eigenvalue weighted by atomic mass is 10.1. The van der Waals surface area contributed by atoms with Gasteiger partial charge in [-0.25, -0.2) is 0 Å². The van der Waals surface area contributed by atoms with E-state index >= 15 is 0 Å². The Balaban J connectivity index is 2.10. The van der Waals surface area contributed by atoms with E-state index in [9.17, 15) is 9.59 Å². The highest BCUT2D eigenvalue weighted by Gasteiger charge is 2.25. The van der Waals surface area contributed by atoms with Gasteiger partial charge >= 0.3 is 0 Å². The number of hydrogen-bond acceptors (Lipinski definition) is 3. The van der Waals surface area contributed by atoms with Crippen LogP contribution in [-0.4, -0.2) is 34.3 Å². The molecule has 1 atom stereocenters. The van der Waals surface area contributed by atoms with Gasteiger partial charge in [0.25, 0.3) is 0 Å². The number of rotatable bonds is 12. The average molecular weight is 328 g/mol. The molecule has 0 aromatic heterocycles. The molecule has 0 aromatic rings. The number of unbranched alkanes of at least 4 members (excludes halogenated alkanes) is 4. The third-order valence-corrected chi connectivity index (χ3v) is 5.91. The number of carbonyl (C=O) groups is 2. The summed E-state index contributed by atoms with van der Waals surface area (Å²) >= 11 is 2.03. The molecule has 0 aromatic carbocycles. The van der Waals surface area contributed by atoms with Crippen molar-refractivity contribution in [3.05, 3.63) is 0 Å². The second kappa shape index (κ2) is 12.0. The van der Waals surface area contributed by atoms with Crippen molar-refractivity contribution in [2.45, 2.75) is 89.7 Å². The van der Waals surface area contributed by atoms with Gasteiger partial charge in [0.15, 0.2) is 0 Å². The van der Waals surface area contributed by atoms with Gasteiger partial charge in [-0.2, -0.15) is 11.8 Å². The van der Waals surface area contributed by atoms with E-state index in [0.29, 0.717) is 19.4 Å². The zero-order chi connectivity index (χ0) is 16.2. The molecular formula is C18H33NO2S. The Morgan fingerprint density at radius 3 is 2.32 bits per heavy atom. The average Bonchev–Trinajstić information content (AvgIpc) is 2.51. The quantitative estimate of drug-likeness (QED) is 0.382. The standard InChI is InChI=1S/C18H33NO2S/c1-3-5-6-7-8-11-16(4-2)22-15-10-14-19-17(20)12-9-13-18(19)21/h16H,3-15H2,1-2H3. The molecule has 1 fully saturated rings. The summed E-state index contributed by atoms with van der Waals surface area (Å²) in [5.74, 6) is 1.12. The minimum Gasteiger partial charge on any atom is -0.283 e. The lowest BCUT2D eigenvalue weighted by Crippen LogP contribution is -2.40. The highest BCUT2D eigenvalue weighted by Crippen LogP contribution is 2.22. The van der Waals surface area contributed by atoms with Crippen LogP contribution in [0.1, 0.15) is 84.5 Å². The molecule has 4 heteroatoms. The van der Waals surface area contributed by atoms with Crippen LogP contribution in [0.25, 0.3) is 0 Å². The number of likely N-dealkylation sites (tertiary alicyclic amines) is 1. The van der Waals surface area contributed by atoms with E-state index in [-0.39, 0.29) is 11.8 Å². The van der Waals surface area contributed by atoms with E-state index in [4.69, 9.17) is 0 Å². The number of piperidine rings is 1. The maximum absolute atomic E-state index is 11.7. The summed E-state index contributed by atoms with van der Waals surface area (Å²) in [6, 6.07) is 0. The van der Waals surface area contributed by atoms with Crippen LogP contribution in [0, 0.1) is 0 Å². The Morgan fingerprint density at radius 2 is 1.68 bits per heavy atom. The molecule has 0 radical (unpaired) electrons. The summed E-state index contributed by atoms with van der Waals surface area (Å²) in [6.07, 6.45) is 12.1. The van der Waals surface area contributed by atoms with Crippen molar-refractivity contribution >= 4 is 23.6 Å². The van der Waals surface area contributed by atoms with Gasteiger partial charge in [0.05, 0.1) is 0 Å². The first kappa shape index (κ1) is 19.5. The van der Waals surface area contributed by atoms with Gasteiger partial charge in [0, 0.05) is 24.6 Å². The summed E-state index contributed by atoms with van der Waals surface area (Å²) < 4.78 is 0. The Bertz CT molecular complexity index is 317. The molecule has 1 saturated heterocycles. The fourth-order valence-corrected chi connectivity index (χ4v) is 4.10. The maximum atomic E-state index is 11.7. The van der Waals surface area contributed by atoms with Crippen LogP contribution in [0.15, 0.2) is 0 Å². The van der Waals surface area contributed by atoms with Crippen molar-refractivity contribution in [3.8, 4) is 0 Å². The smallest absolute Gasteiger partial charge is 0.229 e. The molecule has 2 amide bonds. The number of imide groups is 1. The van der Waals surface area contributed by atoms with Crippen LogP contribution < -0.4 is 0 Å². The van der Waals surface area contributed by atoms with Crippen molar-refractivity contribution in [3.63, 3.8) is 0 Å². The van der Waals surface area contributed by atoms with Gasteiger partial charge in [-0.3, -0.25) is 14.5 Å². The van der Waals surface area contributed by atoms with Crippen molar-refractivity contribution in [2.24, 2.45) is 0 Å². The normalized spacial score (nSPS) is 17.1. The first-order valence-corrected chi connectivity index (χ1v) is 10.2. The van der Waals surface area contributed by atoms with Gasteiger partial charge in [-0.15, -0.1) is 0 Å². The molecule has 22 heavy (non-hydrogen) atoms. The van der Waals surface area contributed by atoms with E-state index in [2.05, 4.69) is 13.8 Å². The largest absolute Gasteiger partial charge is 0.283 e. The summed E-state index contributed by atoms with van der Waals surface area (Å²) in [5, 5.41) is 0.745. The Kier molecular flexibility index (Phi) is 10.6. The Hall–Kier alpha value is -0.510. The van der Waals surface area contributed by atoms with E-state index in [1.807, 2.05) is 11.8 Å². The molecule has 128 valence electrons. The summed E-state index contributed by atoms with van der Waals surface area (Å²) in [6.45, 7) is 5.14. The van der Waals surface area contributed by atoms with Gasteiger partial charge in [0.2, 0.25) is 11.8 Å². The van der Waals surface area contributed by atoms with Gasteiger partial charge in [0.1, 0.15) is 0 Å². The van der Waals surface area contributed by atoms with Crippen LogP contribution in [0.5, 0.6) is 0 Å². The zero-order valence-corrected chi connectivity index (χ0v) is 15.3. The highest BCUT2D eigenvalue weighted by atomic mass is 32.2. The summed E-state index contributed by atoms with van der Waals surface area (Å²) in [7, 11) is 0. The lowest BCUT2D eigenvalue weighted by Gasteiger charge is -2.25. The van der Waals surface area contributed by atoms with Crippen molar-refractivity contribution < 1.29 is 9.59 Å². The molecule has 1 unspecified atom stereocenters. The number of carbonyl (C=O) groups excluding carboxylic acids is 2. The maximum Gasteiger partial charge on any atom is 0.229 e. The second-order valence-corrected chi connectivity index (χ2v) is 7.66. The zero-order valence-electron chi connectivity index (χ0n) is 14.4. The van der Waals surface area contributed by atoms with Crippen LogP contribution in [0.4, 0.5) is 0 Å².